The summed E-state index contributed by atoms with van der Waals surface area (Å²) in [6.07, 6.45) is 2.28. The zero-order chi connectivity index (χ0) is 23.8. The van der Waals surface area contributed by atoms with E-state index in [-0.39, 0.29) is 11.5 Å². The molecule has 32 heavy (non-hydrogen) atoms. The molecule has 182 valence electrons. The van der Waals surface area contributed by atoms with Crippen LogP contribution < -0.4 is 0 Å². The molecule has 0 radical (unpaired) electrons. The van der Waals surface area contributed by atoms with Crippen molar-refractivity contribution < 1.29 is 22.6 Å². The summed E-state index contributed by atoms with van der Waals surface area (Å²) in [6, 6.07) is 5.95. The SMILES string of the molecule is COCCOCCC1CCN(C(C=C(C)C)CC(C)(C)c2ccc(C(F)(F)F)cc2)CC1. The second kappa shape index (κ2) is 12.2. The number of piperidine rings is 1. The van der Waals surface area contributed by atoms with Crippen LogP contribution in [0.4, 0.5) is 13.2 Å². The number of hydrogen-bond acceptors (Lipinski definition) is 3. The number of alkyl halides is 3. The van der Waals surface area contributed by atoms with E-state index in [1.54, 1.807) is 19.2 Å². The molecule has 2 rings (SSSR count). The Morgan fingerprint density at radius 2 is 1.62 bits per heavy atom. The Hall–Kier alpha value is -1.37. The van der Waals surface area contributed by atoms with Crippen LogP contribution in [0.2, 0.25) is 0 Å². The summed E-state index contributed by atoms with van der Waals surface area (Å²) in [4.78, 5) is 2.54. The van der Waals surface area contributed by atoms with Crippen LogP contribution in [0.25, 0.3) is 0 Å². The van der Waals surface area contributed by atoms with Crippen LogP contribution in [-0.4, -0.2) is 51.0 Å². The highest BCUT2D eigenvalue weighted by Gasteiger charge is 2.33. The summed E-state index contributed by atoms with van der Waals surface area (Å²) in [7, 11) is 1.68. The smallest absolute Gasteiger partial charge is 0.382 e. The molecule has 1 unspecified atom stereocenters. The van der Waals surface area contributed by atoms with E-state index in [1.165, 1.54) is 17.7 Å². The third kappa shape index (κ3) is 8.53. The fourth-order valence-electron chi connectivity index (χ4n) is 4.50. The van der Waals surface area contributed by atoms with Gasteiger partial charge in [0, 0.05) is 19.8 Å². The topological polar surface area (TPSA) is 21.7 Å². The maximum atomic E-state index is 12.9. The number of methoxy groups -OCH3 is 1. The van der Waals surface area contributed by atoms with Gasteiger partial charge in [0.2, 0.25) is 0 Å². The van der Waals surface area contributed by atoms with Gasteiger partial charge in [-0.15, -0.1) is 0 Å². The molecule has 1 heterocycles. The van der Waals surface area contributed by atoms with Crippen LogP contribution in [-0.2, 0) is 21.1 Å². The van der Waals surface area contributed by atoms with Crippen LogP contribution in [0, 0.1) is 5.92 Å². The van der Waals surface area contributed by atoms with Gasteiger partial charge >= 0.3 is 6.18 Å². The van der Waals surface area contributed by atoms with Crippen LogP contribution >= 0.6 is 0 Å². The molecule has 1 saturated heterocycles. The minimum absolute atomic E-state index is 0.229. The number of allylic oxidation sites excluding steroid dienone is 1. The first-order valence-electron chi connectivity index (χ1n) is 11.7. The van der Waals surface area contributed by atoms with Crippen molar-refractivity contribution in [1.29, 1.82) is 0 Å². The van der Waals surface area contributed by atoms with Crippen molar-refractivity contribution in [2.45, 2.75) is 71.0 Å². The Labute approximate surface area is 192 Å². The first kappa shape index (κ1) is 26.9. The highest BCUT2D eigenvalue weighted by Crippen LogP contribution is 2.35. The van der Waals surface area contributed by atoms with E-state index >= 15 is 0 Å². The monoisotopic (exact) mass is 455 g/mol. The summed E-state index contributed by atoms with van der Waals surface area (Å²) < 4.78 is 49.5. The summed E-state index contributed by atoms with van der Waals surface area (Å²) in [5.41, 5.74) is 1.39. The zero-order valence-corrected chi connectivity index (χ0v) is 20.3. The van der Waals surface area contributed by atoms with Crippen molar-refractivity contribution in [1.82, 2.24) is 4.90 Å². The van der Waals surface area contributed by atoms with Gasteiger partial charge in [0.1, 0.15) is 0 Å². The molecular weight excluding hydrogens is 415 g/mol. The predicted molar refractivity (Wildman–Crippen MR) is 124 cm³/mol. The van der Waals surface area contributed by atoms with E-state index in [1.807, 2.05) is 0 Å². The number of likely N-dealkylation sites (tertiary alicyclic amines) is 1. The zero-order valence-electron chi connectivity index (χ0n) is 20.3. The lowest BCUT2D eigenvalue weighted by atomic mass is 9.77. The van der Waals surface area contributed by atoms with E-state index < -0.39 is 11.7 Å². The van der Waals surface area contributed by atoms with Gasteiger partial charge in [-0.05, 0) is 81.6 Å². The van der Waals surface area contributed by atoms with Gasteiger partial charge < -0.3 is 9.47 Å². The molecule has 0 spiro atoms. The van der Waals surface area contributed by atoms with Crippen molar-refractivity contribution in [3.8, 4) is 0 Å². The van der Waals surface area contributed by atoms with E-state index in [2.05, 4.69) is 38.7 Å². The molecule has 0 bridgehead atoms. The standard InChI is InChI=1S/C26H40F3NO2/c1-20(2)18-24(30-13-10-21(11-14-30)12-15-32-17-16-31-5)19-25(3,4)22-6-8-23(9-7-22)26(27,28)29/h6-9,18,21,24H,10-17,19H2,1-5H3. The lowest BCUT2D eigenvalue weighted by molar-refractivity contribution is -0.137. The summed E-state index contributed by atoms with van der Waals surface area (Å²) in [5.74, 6) is 0.684. The van der Waals surface area contributed by atoms with E-state index in [0.717, 1.165) is 50.9 Å². The highest BCUT2D eigenvalue weighted by atomic mass is 19.4. The van der Waals surface area contributed by atoms with E-state index in [4.69, 9.17) is 9.47 Å². The molecule has 0 amide bonds. The third-order valence-electron chi connectivity index (χ3n) is 6.46. The molecule has 1 atom stereocenters. The number of benzene rings is 1. The highest BCUT2D eigenvalue weighted by molar-refractivity contribution is 5.30. The molecule has 3 nitrogen and oxygen atoms in total. The number of rotatable bonds is 11. The molecule has 0 aromatic heterocycles. The fraction of sp³-hybridized carbons (Fsp3) is 0.692. The maximum absolute atomic E-state index is 12.9. The molecular formula is C26H40F3NO2. The predicted octanol–water partition coefficient (Wildman–Crippen LogP) is 6.47. The average Bonchev–Trinajstić information content (AvgIpc) is 2.72. The minimum Gasteiger partial charge on any atom is -0.382 e. The van der Waals surface area contributed by atoms with Gasteiger partial charge in [-0.1, -0.05) is 37.6 Å². The summed E-state index contributed by atoms with van der Waals surface area (Å²) >= 11 is 0. The maximum Gasteiger partial charge on any atom is 0.416 e. The van der Waals surface area contributed by atoms with Gasteiger partial charge in [0.15, 0.2) is 0 Å². The van der Waals surface area contributed by atoms with Crippen molar-refractivity contribution in [3.63, 3.8) is 0 Å². The molecule has 1 fully saturated rings. The van der Waals surface area contributed by atoms with E-state index in [0.29, 0.717) is 19.1 Å². The van der Waals surface area contributed by atoms with Crippen molar-refractivity contribution in [2.75, 3.05) is 40.0 Å². The van der Waals surface area contributed by atoms with Crippen molar-refractivity contribution in [2.24, 2.45) is 5.92 Å². The molecule has 1 aromatic rings. The molecule has 1 aromatic carbocycles. The Morgan fingerprint density at radius 3 is 2.16 bits per heavy atom. The molecule has 0 saturated carbocycles. The Morgan fingerprint density at radius 1 is 1.03 bits per heavy atom. The number of hydrogen-bond donors (Lipinski definition) is 0. The lowest BCUT2D eigenvalue weighted by Crippen LogP contribution is -2.43. The second-order valence-electron chi connectivity index (χ2n) is 9.85. The molecule has 0 aliphatic carbocycles. The van der Waals surface area contributed by atoms with Crippen LogP contribution in [0.15, 0.2) is 35.9 Å². The van der Waals surface area contributed by atoms with Crippen LogP contribution in [0.1, 0.15) is 64.5 Å². The van der Waals surface area contributed by atoms with Crippen molar-refractivity contribution in [3.05, 3.63) is 47.0 Å². The quantitative estimate of drug-likeness (QED) is 0.282. The lowest BCUT2D eigenvalue weighted by Gasteiger charge is -2.40. The van der Waals surface area contributed by atoms with Gasteiger partial charge in [-0.2, -0.15) is 13.2 Å². The molecule has 0 N–H and O–H groups in total. The Balaban J connectivity index is 1.98. The van der Waals surface area contributed by atoms with Gasteiger partial charge in [-0.25, -0.2) is 0 Å². The largest absolute Gasteiger partial charge is 0.416 e. The summed E-state index contributed by atoms with van der Waals surface area (Å²) in [6.45, 7) is 12.6. The fourth-order valence-corrected chi connectivity index (χ4v) is 4.50. The first-order valence-corrected chi connectivity index (χ1v) is 11.7. The minimum atomic E-state index is -4.30. The van der Waals surface area contributed by atoms with Crippen LogP contribution in [0.5, 0.6) is 0 Å². The summed E-state index contributed by atoms with van der Waals surface area (Å²) in [5, 5.41) is 0. The first-order chi connectivity index (χ1) is 15.0. The molecule has 1 aliphatic rings. The van der Waals surface area contributed by atoms with Gasteiger partial charge in [0.25, 0.3) is 0 Å². The second-order valence-corrected chi connectivity index (χ2v) is 9.85. The average molecular weight is 456 g/mol. The molecule has 6 heteroatoms. The Bertz CT molecular complexity index is 701. The number of ether oxygens (including phenoxy) is 2. The number of halogens is 3. The van der Waals surface area contributed by atoms with Gasteiger partial charge in [-0.3, -0.25) is 4.90 Å². The third-order valence-corrected chi connectivity index (χ3v) is 6.46. The van der Waals surface area contributed by atoms with E-state index in [9.17, 15) is 13.2 Å². The Kier molecular flexibility index (Phi) is 10.2. The normalized spacial score (nSPS) is 17.4. The molecule has 1 aliphatic heterocycles. The van der Waals surface area contributed by atoms with Gasteiger partial charge in [0.05, 0.1) is 18.8 Å². The van der Waals surface area contributed by atoms with Crippen molar-refractivity contribution >= 4 is 0 Å². The van der Waals surface area contributed by atoms with Crippen LogP contribution in [0.3, 0.4) is 0 Å². The number of nitrogens with zero attached hydrogens (tertiary/aromatic N) is 1.